The van der Waals surface area contributed by atoms with Crippen molar-refractivity contribution in [3.05, 3.63) is 57.5 Å². The summed E-state index contributed by atoms with van der Waals surface area (Å²) < 4.78 is 9.67. The van der Waals surface area contributed by atoms with Crippen molar-refractivity contribution in [3.8, 4) is 0 Å². The van der Waals surface area contributed by atoms with Crippen LogP contribution in [0.5, 0.6) is 0 Å². The molecule has 0 aliphatic carbocycles. The first kappa shape index (κ1) is 12.7. The number of carbonyl (C=O) groups excluding carboxylic acids is 1. The normalized spacial score (nSPS) is 10.2. The summed E-state index contributed by atoms with van der Waals surface area (Å²) >= 11 is 0. The maximum Gasteiger partial charge on any atom is 0.377 e. The Labute approximate surface area is 107 Å². The fourth-order valence-electron chi connectivity index (χ4n) is 1.49. The minimum absolute atomic E-state index is 0.0314. The SMILES string of the molecule is Cc1cc(C(=O)OCc2ccccc2[N+](=O)[O-])on1. The molecule has 1 aromatic heterocycles. The van der Waals surface area contributed by atoms with Crippen LogP contribution < -0.4 is 0 Å². The summed E-state index contributed by atoms with van der Waals surface area (Å²) in [7, 11) is 0. The zero-order valence-corrected chi connectivity index (χ0v) is 10.0. The number of hydrogen-bond donors (Lipinski definition) is 0. The van der Waals surface area contributed by atoms with Gasteiger partial charge in [0.25, 0.3) is 5.69 Å². The van der Waals surface area contributed by atoms with E-state index in [9.17, 15) is 14.9 Å². The highest BCUT2D eigenvalue weighted by molar-refractivity contribution is 5.86. The largest absolute Gasteiger partial charge is 0.455 e. The van der Waals surface area contributed by atoms with Crippen molar-refractivity contribution in [2.45, 2.75) is 13.5 Å². The van der Waals surface area contributed by atoms with Gasteiger partial charge in [0.2, 0.25) is 5.76 Å². The van der Waals surface area contributed by atoms with E-state index in [4.69, 9.17) is 9.26 Å². The smallest absolute Gasteiger partial charge is 0.377 e. The van der Waals surface area contributed by atoms with Crippen molar-refractivity contribution >= 4 is 11.7 Å². The molecule has 2 rings (SSSR count). The average molecular weight is 262 g/mol. The average Bonchev–Trinajstić information content (AvgIpc) is 2.83. The summed E-state index contributed by atoms with van der Waals surface area (Å²) in [6, 6.07) is 7.48. The molecule has 0 aliphatic heterocycles. The second kappa shape index (κ2) is 5.30. The Morgan fingerprint density at radius 1 is 1.47 bits per heavy atom. The minimum atomic E-state index is -0.709. The predicted octanol–water partition coefficient (Wildman–Crippen LogP) is 2.25. The maximum absolute atomic E-state index is 11.6. The number of benzene rings is 1. The van der Waals surface area contributed by atoms with Gasteiger partial charge in [-0.3, -0.25) is 10.1 Å². The first-order valence-electron chi connectivity index (χ1n) is 5.40. The Morgan fingerprint density at radius 3 is 2.84 bits per heavy atom. The summed E-state index contributed by atoms with van der Waals surface area (Å²) in [4.78, 5) is 21.8. The van der Waals surface area contributed by atoms with Crippen LogP contribution in [0.15, 0.2) is 34.9 Å². The lowest BCUT2D eigenvalue weighted by molar-refractivity contribution is -0.385. The number of nitro groups is 1. The van der Waals surface area contributed by atoms with Crippen molar-refractivity contribution in [1.82, 2.24) is 5.16 Å². The van der Waals surface area contributed by atoms with Crippen molar-refractivity contribution < 1.29 is 19.0 Å². The fraction of sp³-hybridized carbons (Fsp3) is 0.167. The quantitative estimate of drug-likeness (QED) is 0.476. The molecule has 0 radical (unpaired) electrons. The van der Waals surface area contributed by atoms with Crippen LogP contribution in [0.4, 0.5) is 5.69 Å². The van der Waals surface area contributed by atoms with E-state index in [2.05, 4.69) is 5.16 Å². The highest BCUT2D eigenvalue weighted by atomic mass is 16.6. The molecule has 0 amide bonds. The maximum atomic E-state index is 11.6. The van der Waals surface area contributed by atoms with E-state index >= 15 is 0 Å². The molecule has 0 bridgehead atoms. The van der Waals surface area contributed by atoms with Gasteiger partial charge < -0.3 is 9.26 Å². The van der Waals surface area contributed by atoms with Gasteiger partial charge in [-0.2, -0.15) is 0 Å². The van der Waals surface area contributed by atoms with Crippen LogP contribution in [0.1, 0.15) is 21.8 Å². The molecule has 0 fully saturated rings. The van der Waals surface area contributed by atoms with E-state index in [0.29, 0.717) is 11.3 Å². The zero-order chi connectivity index (χ0) is 13.8. The molecule has 1 aromatic carbocycles. The van der Waals surface area contributed by atoms with E-state index in [1.54, 1.807) is 19.1 Å². The van der Waals surface area contributed by atoms with Crippen molar-refractivity contribution in [3.63, 3.8) is 0 Å². The molecule has 0 unspecified atom stereocenters. The third kappa shape index (κ3) is 2.95. The molecule has 2 aromatic rings. The number of aromatic nitrogens is 1. The second-order valence-electron chi connectivity index (χ2n) is 3.79. The van der Waals surface area contributed by atoms with Gasteiger partial charge in [-0.25, -0.2) is 4.79 Å². The Bertz CT molecular complexity index is 620. The molecule has 1 heterocycles. The van der Waals surface area contributed by atoms with Crippen LogP contribution in [-0.2, 0) is 11.3 Å². The van der Waals surface area contributed by atoms with E-state index in [-0.39, 0.29) is 18.1 Å². The Morgan fingerprint density at radius 2 is 2.21 bits per heavy atom. The summed E-state index contributed by atoms with van der Waals surface area (Å²) in [6.07, 6.45) is 0. The molecule has 7 nitrogen and oxygen atoms in total. The molecule has 19 heavy (non-hydrogen) atoms. The third-order valence-corrected chi connectivity index (χ3v) is 2.38. The number of esters is 1. The third-order valence-electron chi connectivity index (χ3n) is 2.38. The van der Waals surface area contributed by atoms with Gasteiger partial charge in [-0.15, -0.1) is 0 Å². The topological polar surface area (TPSA) is 95.5 Å². The van der Waals surface area contributed by atoms with Gasteiger partial charge in [-0.1, -0.05) is 17.3 Å². The van der Waals surface area contributed by atoms with Gasteiger partial charge >= 0.3 is 5.97 Å². The lowest BCUT2D eigenvalue weighted by Crippen LogP contribution is -2.05. The lowest BCUT2D eigenvalue weighted by atomic mass is 10.2. The molecular formula is C12H10N2O5. The Kier molecular flexibility index (Phi) is 3.56. The minimum Gasteiger partial charge on any atom is -0.455 e. The molecular weight excluding hydrogens is 252 g/mol. The van der Waals surface area contributed by atoms with Crippen LogP contribution in [-0.4, -0.2) is 16.0 Å². The number of hydrogen-bond acceptors (Lipinski definition) is 6. The van der Waals surface area contributed by atoms with Gasteiger partial charge in [0.15, 0.2) is 0 Å². The summed E-state index contributed by atoms with van der Waals surface area (Å²) in [5.74, 6) is -0.741. The van der Waals surface area contributed by atoms with Gasteiger partial charge in [-0.05, 0) is 13.0 Å². The monoisotopic (exact) mass is 262 g/mol. The van der Waals surface area contributed by atoms with Crippen LogP contribution in [0.2, 0.25) is 0 Å². The van der Waals surface area contributed by atoms with Crippen LogP contribution in [0.3, 0.4) is 0 Å². The molecule has 7 heteroatoms. The molecule has 0 saturated heterocycles. The van der Waals surface area contributed by atoms with E-state index in [1.165, 1.54) is 18.2 Å². The van der Waals surface area contributed by atoms with Crippen LogP contribution in [0.25, 0.3) is 0 Å². The van der Waals surface area contributed by atoms with E-state index in [0.717, 1.165) is 0 Å². The van der Waals surface area contributed by atoms with Gasteiger partial charge in [0.05, 0.1) is 16.2 Å². The molecule has 0 N–H and O–H groups in total. The molecule has 98 valence electrons. The van der Waals surface area contributed by atoms with Crippen LogP contribution >= 0.6 is 0 Å². The Hall–Kier alpha value is -2.70. The van der Waals surface area contributed by atoms with Gasteiger partial charge in [0, 0.05) is 12.1 Å². The standard InChI is InChI=1S/C12H10N2O5/c1-8-6-11(19-13-8)12(15)18-7-9-4-2-3-5-10(9)14(16)17/h2-6H,7H2,1H3. The lowest BCUT2D eigenvalue weighted by Gasteiger charge is -2.03. The Balaban J connectivity index is 2.07. The number of nitrogens with zero attached hydrogens (tertiary/aromatic N) is 2. The summed E-state index contributed by atoms with van der Waals surface area (Å²) in [6.45, 7) is 1.47. The highest BCUT2D eigenvalue weighted by Gasteiger charge is 2.17. The number of para-hydroxylation sites is 1. The number of rotatable bonds is 4. The van der Waals surface area contributed by atoms with Crippen molar-refractivity contribution in [2.75, 3.05) is 0 Å². The summed E-state index contributed by atoms with van der Waals surface area (Å²) in [5.41, 5.74) is 0.777. The number of ether oxygens (including phenoxy) is 1. The number of nitro benzene ring substituents is 1. The molecule has 0 saturated carbocycles. The molecule has 0 atom stereocenters. The first-order valence-corrected chi connectivity index (χ1v) is 5.40. The number of carbonyl (C=O) groups is 1. The summed E-state index contributed by atoms with van der Waals surface area (Å²) in [5, 5.41) is 14.3. The zero-order valence-electron chi connectivity index (χ0n) is 10.0. The van der Waals surface area contributed by atoms with Gasteiger partial charge in [0.1, 0.15) is 6.61 Å². The predicted molar refractivity (Wildman–Crippen MR) is 63.5 cm³/mol. The number of aryl methyl sites for hydroxylation is 1. The van der Waals surface area contributed by atoms with Crippen LogP contribution in [0, 0.1) is 17.0 Å². The fourth-order valence-corrected chi connectivity index (χ4v) is 1.49. The molecule has 0 spiro atoms. The van der Waals surface area contributed by atoms with Crippen molar-refractivity contribution in [2.24, 2.45) is 0 Å². The second-order valence-corrected chi connectivity index (χ2v) is 3.79. The first-order chi connectivity index (χ1) is 9.08. The van der Waals surface area contributed by atoms with Crippen molar-refractivity contribution in [1.29, 1.82) is 0 Å². The molecule has 0 aliphatic rings. The van der Waals surface area contributed by atoms with E-state index < -0.39 is 10.9 Å². The highest BCUT2D eigenvalue weighted by Crippen LogP contribution is 2.19. The van der Waals surface area contributed by atoms with E-state index in [1.807, 2.05) is 0 Å².